The second-order valence-electron chi connectivity index (χ2n) is 7.20. The average molecular weight is 445 g/mol. The molecule has 0 radical (unpaired) electrons. The third-order valence-corrected chi connectivity index (χ3v) is 5.80. The minimum absolute atomic E-state index is 0.129. The van der Waals surface area contributed by atoms with Crippen LogP contribution in [0.1, 0.15) is 41.0 Å². The van der Waals surface area contributed by atoms with Gasteiger partial charge >= 0.3 is 0 Å². The smallest absolute Gasteiger partial charge is 0.280 e. The second-order valence-corrected chi connectivity index (χ2v) is 8.42. The first kappa shape index (κ1) is 21.5. The highest BCUT2D eigenvalue weighted by Gasteiger charge is 2.27. The number of halogens is 2. The highest BCUT2D eigenvalue weighted by atomic mass is 32.2. The molecule has 10 heteroatoms. The molecule has 2 aromatic heterocycles. The van der Waals surface area contributed by atoms with E-state index >= 15 is 0 Å². The zero-order valence-corrected chi connectivity index (χ0v) is 17.7. The molecule has 1 saturated carbocycles. The summed E-state index contributed by atoms with van der Waals surface area (Å²) < 4.78 is 31.8. The van der Waals surface area contributed by atoms with Crippen LogP contribution in [0, 0.1) is 24.7 Å². The van der Waals surface area contributed by atoms with Gasteiger partial charge in [-0.05, 0) is 31.9 Å². The molecule has 2 fully saturated rings. The predicted octanol–water partition coefficient (Wildman–Crippen LogP) is 2.99. The Labute approximate surface area is 182 Å². The lowest BCUT2D eigenvalue weighted by Crippen LogP contribution is -2.43. The van der Waals surface area contributed by atoms with Gasteiger partial charge in [-0.2, -0.15) is 0 Å². The fourth-order valence-electron chi connectivity index (χ4n) is 3.03. The Kier molecular flexibility index (Phi) is 6.36. The first-order valence-electron chi connectivity index (χ1n) is 9.72. The van der Waals surface area contributed by atoms with Gasteiger partial charge in [0.1, 0.15) is 22.3 Å². The van der Waals surface area contributed by atoms with E-state index < -0.39 is 23.5 Å². The maximum atomic E-state index is 13.2. The Balaban J connectivity index is 1.58. The molecule has 162 valence electrons. The number of pyridine rings is 2. The van der Waals surface area contributed by atoms with Gasteiger partial charge in [0, 0.05) is 28.9 Å². The summed E-state index contributed by atoms with van der Waals surface area (Å²) >= 11 is 1.44. The summed E-state index contributed by atoms with van der Waals surface area (Å²) in [6.07, 6.45) is 2.21. The number of thioether (sulfide) groups is 1. The number of carbonyl (C=O) groups excluding carboxylic acids is 1. The predicted molar refractivity (Wildman–Crippen MR) is 113 cm³/mol. The molecule has 3 N–H and O–H groups in total. The minimum Gasteiger partial charge on any atom is -0.494 e. The third-order valence-electron chi connectivity index (χ3n) is 4.78. The molecule has 2 aromatic rings. The van der Waals surface area contributed by atoms with Gasteiger partial charge in [-0.1, -0.05) is 23.6 Å². The second kappa shape index (κ2) is 9.18. The lowest BCUT2D eigenvalue weighted by atomic mass is 9.99. The number of ether oxygens (including phenoxy) is 1. The summed E-state index contributed by atoms with van der Waals surface area (Å²) in [5.41, 5.74) is 6.89. The van der Waals surface area contributed by atoms with Crippen molar-refractivity contribution in [3.63, 3.8) is 0 Å². The summed E-state index contributed by atoms with van der Waals surface area (Å²) in [5.74, 6) is 6.71. The van der Waals surface area contributed by atoms with Gasteiger partial charge in [0.25, 0.3) is 12.3 Å². The van der Waals surface area contributed by atoms with Gasteiger partial charge in [0.2, 0.25) is 0 Å². The van der Waals surface area contributed by atoms with Gasteiger partial charge in [-0.3, -0.25) is 14.8 Å². The van der Waals surface area contributed by atoms with Crippen molar-refractivity contribution < 1.29 is 18.3 Å². The Hall–Kier alpha value is -2.74. The average Bonchev–Trinajstić information content (AvgIpc) is 3.49. The molecule has 2 aliphatic rings. The van der Waals surface area contributed by atoms with Crippen LogP contribution in [-0.4, -0.2) is 33.9 Å². The van der Waals surface area contributed by atoms with Crippen molar-refractivity contribution in [2.24, 2.45) is 5.92 Å². The molecule has 2 unspecified atom stereocenters. The molecule has 31 heavy (non-hydrogen) atoms. The van der Waals surface area contributed by atoms with E-state index in [0.29, 0.717) is 22.7 Å². The van der Waals surface area contributed by atoms with Crippen molar-refractivity contribution in [2.45, 2.75) is 37.1 Å². The molecular weight excluding hydrogens is 424 g/mol. The molecule has 7 nitrogen and oxygen atoms in total. The third kappa shape index (κ3) is 5.12. The normalized spacial score (nSPS) is 20.3. The van der Waals surface area contributed by atoms with E-state index in [0.717, 1.165) is 12.8 Å². The lowest BCUT2D eigenvalue weighted by molar-refractivity contribution is 0.0945. The van der Waals surface area contributed by atoms with Crippen molar-refractivity contribution in [1.29, 1.82) is 0 Å². The van der Waals surface area contributed by atoms with Crippen LogP contribution in [0.2, 0.25) is 0 Å². The summed E-state index contributed by atoms with van der Waals surface area (Å²) in [6.45, 7) is 1.76. The van der Waals surface area contributed by atoms with Crippen LogP contribution in [-0.2, 0) is 0 Å². The van der Waals surface area contributed by atoms with Gasteiger partial charge < -0.3 is 10.1 Å². The van der Waals surface area contributed by atoms with Crippen LogP contribution >= 0.6 is 11.8 Å². The van der Waals surface area contributed by atoms with E-state index in [-0.39, 0.29) is 16.7 Å². The first-order chi connectivity index (χ1) is 14.9. The number of hydrogen-bond acceptors (Lipinski definition) is 7. The van der Waals surface area contributed by atoms with Crippen molar-refractivity contribution in [3.8, 4) is 28.7 Å². The number of carbonyl (C=O) groups is 1. The number of amides is 1. The van der Waals surface area contributed by atoms with Crippen LogP contribution in [0.5, 0.6) is 5.75 Å². The molecular formula is C21H21F2N5O2S. The first-order valence-corrected chi connectivity index (χ1v) is 10.7. The summed E-state index contributed by atoms with van der Waals surface area (Å²) in [7, 11) is 1.42. The maximum absolute atomic E-state index is 13.2. The SMILES string of the molecule is COc1cnc(C(F)F)cc1-c1cc(C)ncc1C(=O)NC1NNC(C#CC2CC2)S1. The van der Waals surface area contributed by atoms with Crippen LogP contribution in [0.3, 0.4) is 0 Å². The number of aromatic nitrogens is 2. The molecule has 3 heterocycles. The Morgan fingerprint density at radius 1 is 1.23 bits per heavy atom. The van der Waals surface area contributed by atoms with E-state index in [1.807, 2.05) is 0 Å². The molecule has 0 spiro atoms. The molecule has 1 aliphatic carbocycles. The monoisotopic (exact) mass is 445 g/mol. The molecule has 1 aliphatic heterocycles. The Morgan fingerprint density at radius 3 is 2.74 bits per heavy atom. The molecule has 0 bridgehead atoms. The van der Waals surface area contributed by atoms with E-state index in [1.54, 1.807) is 13.0 Å². The number of methoxy groups -OCH3 is 1. The number of rotatable bonds is 5. The number of nitrogens with zero attached hydrogens (tertiary/aromatic N) is 2. The van der Waals surface area contributed by atoms with Crippen LogP contribution < -0.4 is 20.9 Å². The summed E-state index contributed by atoms with van der Waals surface area (Å²) in [5, 5.41) is 2.74. The van der Waals surface area contributed by atoms with E-state index in [1.165, 1.54) is 37.3 Å². The minimum atomic E-state index is -2.75. The van der Waals surface area contributed by atoms with Crippen molar-refractivity contribution in [1.82, 2.24) is 26.1 Å². The van der Waals surface area contributed by atoms with Crippen LogP contribution in [0.25, 0.3) is 11.1 Å². The van der Waals surface area contributed by atoms with E-state index in [2.05, 4.69) is 38.0 Å². The standard InChI is InChI=1S/C21H21F2N5O2S/c1-11-7-13(14-8-16(19(22)23)25-10-17(14)30-2)15(9-24-11)20(29)26-21-28-27-18(31-21)6-5-12-3-4-12/h7-10,12,18-19,21,27-28H,3-4H2,1-2H3,(H,26,29). The molecule has 0 aromatic carbocycles. The topological polar surface area (TPSA) is 88.2 Å². The van der Waals surface area contributed by atoms with Crippen LogP contribution in [0.15, 0.2) is 24.5 Å². The number of hydrogen-bond donors (Lipinski definition) is 3. The van der Waals surface area contributed by atoms with Crippen molar-refractivity contribution in [3.05, 3.63) is 41.5 Å². The quantitative estimate of drug-likeness (QED) is 0.610. The van der Waals surface area contributed by atoms with Crippen molar-refractivity contribution in [2.75, 3.05) is 7.11 Å². The zero-order valence-electron chi connectivity index (χ0n) is 16.9. The highest BCUT2D eigenvalue weighted by Crippen LogP contribution is 2.35. The summed E-state index contributed by atoms with van der Waals surface area (Å²) in [6, 6.07) is 2.90. The lowest BCUT2D eigenvalue weighted by Gasteiger charge is -2.16. The fraction of sp³-hybridized carbons (Fsp3) is 0.381. The van der Waals surface area contributed by atoms with Gasteiger partial charge in [0.05, 0.1) is 18.9 Å². The number of alkyl halides is 2. The Bertz CT molecular complexity index is 1050. The maximum Gasteiger partial charge on any atom is 0.280 e. The van der Waals surface area contributed by atoms with Gasteiger partial charge in [0.15, 0.2) is 0 Å². The van der Waals surface area contributed by atoms with E-state index in [9.17, 15) is 13.6 Å². The molecule has 2 atom stereocenters. The highest BCUT2D eigenvalue weighted by molar-refractivity contribution is 8.00. The zero-order chi connectivity index (χ0) is 22.0. The summed E-state index contributed by atoms with van der Waals surface area (Å²) in [4.78, 5) is 21.0. The van der Waals surface area contributed by atoms with Gasteiger partial charge in [-0.15, -0.1) is 0 Å². The van der Waals surface area contributed by atoms with Crippen molar-refractivity contribution >= 4 is 17.7 Å². The number of hydrazine groups is 1. The molecule has 4 rings (SSSR count). The van der Waals surface area contributed by atoms with E-state index in [4.69, 9.17) is 4.74 Å². The Morgan fingerprint density at radius 2 is 2.03 bits per heavy atom. The van der Waals surface area contributed by atoms with Crippen LogP contribution in [0.4, 0.5) is 8.78 Å². The number of aryl methyl sites for hydroxylation is 1. The fourth-order valence-corrected chi connectivity index (χ4v) is 3.88. The molecule has 1 amide bonds. The number of nitrogens with one attached hydrogen (secondary N) is 3. The largest absolute Gasteiger partial charge is 0.494 e. The van der Waals surface area contributed by atoms with Gasteiger partial charge in [-0.25, -0.2) is 19.6 Å². The molecule has 1 saturated heterocycles.